The second-order valence-electron chi connectivity index (χ2n) is 6.69. The summed E-state index contributed by atoms with van der Waals surface area (Å²) in [6, 6.07) is 13.3. The van der Waals surface area contributed by atoms with Crippen molar-refractivity contribution >= 4 is 45.9 Å². The number of hydrogen-bond donors (Lipinski definition) is 1. The predicted molar refractivity (Wildman–Crippen MR) is 124 cm³/mol. The molecule has 0 atom stereocenters. The van der Waals surface area contributed by atoms with E-state index in [9.17, 15) is 4.79 Å². The fourth-order valence-corrected chi connectivity index (χ4v) is 3.70. The van der Waals surface area contributed by atoms with Gasteiger partial charge in [-0.25, -0.2) is 4.98 Å². The number of carbonyl (C=O) groups is 1. The highest BCUT2D eigenvalue weighted by molar-refractivity contribution is 6.37. The third kappa shape index (κ3) is 4.17. The lowest BCUT2D eigenvalue weighted by Crippen LogP contribution is -2.12. The normalized spacial score (nSPS) is 10.8. The summed E-state index contributed by atoms with van der Waals surface area (Å²) in [6.07, 6.45) is 0. The lowest BCUT2D eigenvalue weighted by molar-refractivity contribution is 0.102. The van der Waals surface area contributed by atoms with Gasteiger partial charge >= 0.3 is 0 Å². The number of aromatic nitrogens is 1. The van der Waals surface area contributed by atoms with Crippen LogP contribution in [0.25, 0.3) is 22.6 Å². The molecule has 4 rings (SSSR count). The molecule has 9 heteroatoms. The molecule has 0 saturated heterocycles. The van der Waals surface area contributed by atoms with Gasteiger partial charge in [0.25, 0.3) is 5.91 Å². The second-order valence-corrected chi connectivity index (χ2v) is 7.54. The van der Waals surface area contributed by atoms with Crippen LogP contribution in [0.5, 0.6) is 17.2 Å². The van der Waals surface area contributed by atoms with Gasteiger partial charge in [-0.05, 0) is 48.5 Å². The number of oxazole rings is 1. The Bertz CT molecular complexity index is 1290. The summed E-state index contributed by atoms with van der Waals surface area (Å²) < 4.78 is 22.0. The number of ether oxygens (including phenoxy) is 3. The first-order valence-corrected chi connectivity index (χ1v) is 10.2. The summed E-state index contributed by atoms with van der Waals surface area (Å²) in [5.41, 5.74) is 2.62. The molecule has 164 valence electrons. The van der Waals surface area contributed by atoms with E-state index < -0.39 is 0 Å². The van der Waals surface area contributed by atoms with Crippen molar-refractivity contribution in [2.75, 3.05) is 26.6 Å². The van der Waals surface area contributed by atoms with E-state index in [0.29, 0.717) is 56.1 Å². The Kier molecular flexibility index (Phi) is 6.12. The van der Waals surface area contributed by atoms with Gasteiger partial charge in [0, 0.05) is 16.3 Å². The molecule has 1 amide bonds. The number of hydrogen-bond acceptors (Lipinski definition) is 6. The molecule has 0 aliphatic carbocycles. The number of benzene rings is 3. The van der Waals surface area contributed by atoms with E-state index >= 15 is 0 Å². The van der Waals surface area contributed by atoms with Gasteiger partial charge < -0.3 is 23.9 Å². The molecule has 0 spiro atoms. The van der Waals surface area contributed by atoms with E-state index in [1.165, 1.54) is 27.4 Å². The van der Waals surface area contributed by atoms with Crippen molar-refractivity contribution in [1.29, 1.82) is 0 Å². The zero-order chi connectivity index (χ0) is 22.8. The topological polar surface area (TPSA) is 82.8 Å². The SMILES string of the molecule is COc1cc(-c2nc3cc(NC(=O)c4ccc(Cl)cc4Cl)ccc3o2)cc(OC)c1OC. The summed E-state index contributed by atoms with van der Waals surface area (Å²) in [7, 11) is 4.61. The van der Waals surface area contributed by atoms with Crippen LogP contribution in [-0.4, -0.2) is 32.2 Å². The highest BCUT2D eigenvalue weighted by Gasteiger charge is 2.18. The first-order valence-electron chi connectivity index (χ1n) is 9.41. The Hall–Kier alpha value is -3.42. The van der Waals surface area contributed by atoms with Crippen LogP contribution in [-0.2, 0) is 0 Å². The molecule has 0 radical (unpaired) electrons. The first-order chi connectivity index (χ1) is 15.4. The van der Waals surface area contributed by atoms with Crippen LogP contribution in [0.2, 0.25) is 10.0 Å². The highest BCUT2D eigenvalue weighted by Crippen LogP contribution is 2.41. The van der Waals surface area contributed by atoms with Gasteiger partial charge in [-0.15, -0.1) is 0 Å². The Morgan fingerprint density at radius 3 is 2.28 bits per heavy atom. The molecule has 0 saturated carbocycles. The summed E-state index contributed by atoms with van der Waals surface area (Å²) in [6.45, 7) is 0. The van der Waals surface area contributed by atoms with E-state index in [4.69, 9.17) is 41.8 Å². The van der Waals surface area contributed by atoms with E-state index in [1.54, 1.807) is 42.5 Å². The molecule has 1 aromatic heterocycles. The molecular formula is C23H18Cl2N2O5. The monoisotopic (exact) mass is 472 g/mol. The molecule has 0 unspecified atom stereocenters. The van der Waals surface area contributed by atoms with Crippen molar-refractivity contribution in [3.05, 3.63) is 64.1 Å². The number of fused-ring (bicyclic) bond motifs is 1. The molecule has 0 aliphatic rings. The molecule has 0 bridgehead atoms. The zero-order valence-corrected chi connectivity index (χ0v) is 18.9. The van der Waals surface area contributed by atoms with Gasteiger partial charge in [-0.1, -0.05) is 23.2 Å². The predicted octanol–water partition coefficient (Wildman–Crippen LogP) is 6.08. The van der Waals surface area contributed by atoms with Gasteiger partial charge in [0.15, 0.2) is 17.1 Å². The zero-order valence-electron chi connectivity index (χ0n) is 17.4. The highest BCUT2D eigenvalue weighted by atomic mass is 35.5. The standard InChI is InChI=1S/C23H18Cl2N2O5/c1-29-19-8-12(9-20(30-2)21(19)31-3)23-27-17-11-14(5-7-18(17)32-23)26-22(28)15-6-4-13(24)10-16(15)25/h4-11H,1-3H3,(H,26,28). The molecule has 7 nitrogen and oxygen atoms in total. The Balaban J connectivity index is 1.66. The Morgan fingerprint density at radius 1 is 0.938 bits per heavy atom. The molecule has 0 fully saturated rings. The van der Waals surface area contributed by atoms with E-state index in [-0.39, 0.29) is 10.9 Å². The number of methoxy groups -OCH3 is 3. The molecule has 1 N–H and O–H groups in total. The average molecular weight is 473 g/mol. The first kappa shape index (κ1) is 21.8. The fraction of sp³-hybridized carbons (Fsp3) is 0.130. The van der Waals surface area contributed by atoms with Crippen LogP contribution in [0.3, 0.4) is 0 Å². The summed E-state index contributed by atoms with van der Waals surface area (Å²) in [5, 5.41) is 3.53. The summed E-state index contributed by atoms with van der Waals surface area (Å²) in [5.74, 6) is 1.44. The minimum atomic E-state index is -0.362. The number of carbonyl (C=O) groups excluding carboxylic acids is 1. The lowest BCUT2D eigenvalue weighted by Gasteiger charge is -2.12. The van der Waals surface area contributed by atoms with Crippen LogP contribution in [0.15, 0.2) is 52.9 Å². The minimum absolute atomic E-state index is 0.266. The maximum absolute atomic E-state index is 12.6. The largest absolute Gasteiger partial charge is 0.493 e. The quantitative estimate of drug-likeness (QED) is 0.366. The molecule has 3 aromatic carbocycles. The molecule has 4 aromatic rings. The Labute approximate surface area is 193 Å². The molecule has 32 heavy (non-hydrogen) atoms. The number of rotatable bonds is 6. The van der Waals surface area contributed by atoms with E-state index in [1.807, 2.05) is 0 Å². The van der Waals surface area contributed by atoms with Gasteiger partial charge in [-0.2, -0.15) is 0 Å². The van der Waals surface area contributed by atoms with Crippen LogP contribution in [0, 0.1) is 0 Å². The second kappa shape index (κ2) is 8.98. The van der Waals surface area contributed by atoms with Crippen molar-refractivity contribution in [2.45, 2.75) is 0 Å². The van der Waals surface area contributed by atoms with Crippen molar-refractivity contribution < 1.29 is 23.4 Å². The summed E-state index contributed by atoms with van der Waals surface area (Å²) in [4.78, 5) is 17.1. The van der Waals surface area contributed by atoms with Crippen LogP contribution >= 0.6 is 23.2 Å². The molecular weight excluding hydrogens is 455 g/mol. The fourth-order valence-electron chi connectivity index (χ4n) is 3.21. The van der Waals surface area contributed by atoms with Crippen LogP contribution in [0.4, 0.5) is 5.69 Å². The molecule has 0 aliphatic heterocycles. The van der Waals surface area contributed by atoms with E-state index in [0.717, 1.165) is 0 Å². The van der Waals surface area contributed by atoms with Gasteiger partial charge in [-0.3, -0.25) is 4.79 Å². The lowest BCUT2D eigenvalue weighted by atomic mass is 10.2. The van der Waals surface area contributed by atoms with Crippen LogP contribution in [0.1, 0.15) is 10.4 Å². The number of nitrogens with zero attached hydrogens (tertiary/aromatic N) is 1. The van der Waals surface area contributed by atoms with Crippen molar-refractivity contribution in [1.82, 2.24) is 4.98 Å². The van der Waals surface area contributed by atoms with Crippen molar-refractivity contribution in [3.63, 3.8) is 0 Å². The maximum Gasteiger partial charge on any atom is 0.257 e. The minimum Gasteiger partial charge on any atom is -0.493 e. The van der Waals surface area contributed by atoms with Gasteiger partial charge in [0.1, 0.15) is 5.52 Å². The number of amides is 1. The number of nitrogens with one attached hydrogen (secondary N) is 1. The van der Waals surface area contributed by atoms with Gasteiger partial charge in [0.05, 0.1) is 31.9 Å². The van der Waals surface area contributed by atoms with Gasteiger partial charge in [0.2, 0.25) is 11.6 Å². The molecule has 1 heterocycles. The summed E-state index contributed by atoms with van der Waals surface area (Å²) >= 11 is 12.0. The van der Waals surface area contributed by atoms with Crippen molar-refractivity contribution in [2.24, 2.45) is 0 Å². The average Bonchev–Trinajstić information content (AvgIpc) is 3.21. The number of halogens is 2. The smallest absolute Gasteiger partial charge is 0.257 e. The third-order valence-electron chi connectivity index (χ3n) is 4.73. The Morgan fingerprint density at radius 2 is 1.66 bits per heavy atom. The van der Waals surface area contributed by atoms with Crippen LogP contribution < -0.4 is 19.5 Å². The maximum atomic E-state index is 12.6. The van der Waals surface area contributed by atoms with Crippen molar-refractivity contribution in [3.8, 4) is 28.7 Å². The van der Waals surface area contributed by atoms with E-state index in [2.05, 4.69) is 10.3 Å². The third-order valence-corrected chi connectivity index (χ3v) is 5.28. The number of anilines is 1.